The van der Waals surface area contributed by atoms with E-state index in [2.05, 4.69) is 55.6 Å². The average molecular weight is 1430 g/mol. The van der Waals surface area contributed by atoms with Gasteiger partial charge >= 0.3 is 0 Å². The fraction of sp³-hybridized carbons (Fsp3) is 0.889. The van der Waals surface area contributed by atoms with E-state index in [1.165, 1.54) is 244 Å². The van der Waals surface area contributed by atoms with Gasteiger partial charge in [0.25, 0.3) is 0 Å². The molecule has 0 aromatic carbocycles. The molecule has 0 spiro atoms. The van der Waals surface area contributed by atoms with Gasteiger partial charge in [-0.1, -0.05) is 313 Å². The molecule has 0 bridgehead atoms. The van der Waals surface area contributed by atoms with Crippen molar-refractivity contribution < 1.29 is 89.4 Å². The first-order valence-electron chi connectivity index (χ1n) is 40.9. The lowest BCUT2D eigenvalue weighted by Gasteiger charge is -2.48. The summed E-state index contributed by atoms with van der Waals surface area (Å²) in [5.41, 5.74) is 0. The van der Waals surface area contributed by atoms with Crippen LogP contribution in [0.3, 0.4) is 0 Å². The molecule has 3 fully saturated rings. The summed E-state index contributed by atoms with van der Waals surface area (Å²) in [6.07, 6.45) is 50.9. The summed E-state index contributed by atoms with van der Waals surface area (Å²) in [5, 5.41) is 121. The quantitative estimate of drug-likeness (QED) is 0.0199. The number of aliphatic hydroxyl groups is 11. The van der Waals surface area contributed by atoms with Crippen molar-refractivity contribution in [2.24, 2.45) is 0 Å². The topological polar surface area (TPSA) is 307 Å². The molecule has 12 N–H and O–H groups in total. The van der Waals surface area contributed by atoms with Crippen LogP contribution in [0, 0.1) is 0 Å². The SMILES string of the molecule is CCCCCCC/C=C\C/C=C\C/C=C\CCCCCCCCCCCCCCCCC(=O)NC(COC1OC(CO)C(OC2OC(CO)C(OC3OC(CO)C(O)C(O)C3O)C(O)C2O)C(O)C1O)C(O)/C=C/CCCCCCCCCCCCCCCCCCCCCCCCCC. The van der Waals surface area contributed by atoms with Crippen LogP contribution in [0.1, 0.15) is 328 Å². The number of aliphatic hydroxyl groups excluding tert-OH is 11. The van der Waals surface area contributed by atoms with Crippen LogP contribution in [0.4, 0.5) is 0 Å². The number of ether oxygens (including phenoxy) is 6. The van der Waals surface area contributed by atoms with E-state index in [9.17, 15) is 61.0 Å². The molecule has 0 saturated carbocycles. The zero-order valence-corrected chi connectivity index (χ0v) is 62.7. The van der Waals surface area contributed by atoms with Gasteiger partial charge in [0, 0.05) is 6.42 Å². The van der Waals surface area contributed by atoms with Gasteiger partial charge in [-0.05, 0) is 57.8 Å². The molecule has 19 nitrogen and oxygen atoms in total. The van der Waals surface area contributed by atoms with Crippen LogP contribution in [0.5, 0.6) is 0 Å². The van der Waals surface area contributed by atoms with E-state index >= 15 is 0 Å². The lowest BCUT2D eigenvalue weighted by Crippen LogP contribution is -2.66. The fourth-order valence-electron chi connectivity index (χ4n) is 13.8. The molecule has 3 heterocycles. The highest BCUT2D eigenvalue weighted by atomic mass is 16.8. The van der Waals surface area contributed by atoms with E-state index in [1.807, 2.05) is 6.08 Å². The van der Waals surface area contributed by atoms with Crippen molar-refractivity contribution in [3.63, 3.8) is 0 Å². The molecule has 19 heteroatoms. The monoisotopic (exact) mass is 1420 g/mol. The zero-order chi connectivity index (χ0) is 72.5. The second kappa shape index (κ2) is 61.9. The van der Waals surface area contributed by atoms with Crippen LogP contribution in [0.15, 0.2) is 48.6 Å². The maximum absolute atomic E-state index is 13.5. The van der Waals surface area contributed by atoms with Gasteiger partial charge in [0.1, 0.15) is 73.2 Å². The Hall–Kier alpha value is -2.25. The number of carbonyl (C=O) groups excluding carboxylic acids is 1. The standard InChI is InChI=1S/C81H149NO18/c1-3-5-7-9-11-13-15-17-19-21-23-25-27-29-31-32-33-35-37-39-41-43-45-47-49-51-53-55-57-59-69(87)82-64(65(86)58-56-54-52-50-48-46-44-42-40-38-36-34-30-28-26-24-22-20-18-16-14-12-10-8-6-4-2)63-95-79-75(93)72(90)77(67(61-84)97-79)100-81-76(94)73(91)78(68(62-85)98-81)99-80-74(92)71(89)70(88)66(60-83)96-80/h15,17,21,23,27,29,56,58,64-68,70-81,83-86,88-94H,3-14,16,18-20,22,24-26,28,30-55,57,59-63H2,1-2H3,(H,82,87)/b17-15-,23-21-,29-27-,58-56+. The number of rotatable bonds is 65. The highest BCUT2D eigenvalue weighted by Gasteiger charge is 2.54. The molecule has 3 aliphatic heterocycles. The van der Waals surface area contributed by atoms with Crippen LogP contribution < -0.4 is 5.32 Å². The predicted molar refractivity (Wildman–Crippen MR) is 397 cm³/mol. The molecule has 1 amide bonds. The molecule has 0 radical (unpaired) electrons. The smallest absolute Gasteiger partial charge is 0.220 e. The maximum atomic E-state index is 13.5. The number of unbranched alkanes of at least 4 members (excludes halogenated alkanes) is 43. The molecule has 3 rings (SSSR count). The highest BCUT2D eigenvalue weighted by Crippen LogP contribution is 2.33. The normalized spacial score (nSPS) is 26.7. The number of carbonyl (C=O) groups is 1. The Labute approximate surface area is 605 Å². The summed E-state index contributed by atoms with van der Waals surface area (Å²) in [7, 11) is 0. The molecule has 100 heavy (non-hydrogen) atoms. The first-order chi connectivity index (χ1) is 48.8. The summed E-state index contributed by atoms with van der Waals surface area (Å²) >= 11 is 0. The molecule has 3 aliphatic rings. The van der Waals surface area contributed by atoms with Crippen LogP contribution in [-0.2, 0) is 33.2 Å². The van der Waals surface area contributed by atoms with Crippen molar-refractivity contribution in [2.75, 3.05) is 26.4 Å². The van der Waals surface area contributed by atoms with Gasteiger partial charge in [-0.15, -0.1) is 0 Å². The molecule has 0 aromatic heterocycles. The zero-order valence-electron chi connectivity index (χ0n) is 62.7. The van der Waals surface area contributed by atoms with Crippen LogP contribution in [0.2, 0.25) is 0 Å². The van der Waals surface area contributed by atoms with Crippen molar-refractivity contribution in [3.8, 4) is 0 Å². The number of hydrogen-bond donors (Lipinski definition) is 12. The molecular weight excluding hydrogens is 1270 g/mol. The molecule has 17 unspecified atom stereocenters. The average Bonchev–Trinajstić information content (AvgIpc) is 0.783. The Morgan fingerprint density at radius 3 is 1.03 bits per heavy atom. The van der Waals surface area contributed by atoms with Gasteiger partial charge in [-0.2, -0.15) is 0 Å². The third-order valence-corrected chi connectivity index (χ3v) is 20.4. The molecule has 3 saturated heterocycles. The van der Waals surface area contributed by atoms with Gasteiger partial charge in [0.15, 0.2) is 18.9 Å². The third kappa shape index (κ3) is 41.6. The Morgan fingerprint density at radius 2 is 0.660 bits per heavy atom. The maximum Gasteiger partial charge on any atom is 0.220 e. The lowest BCUT2D eigenvalue weighted by molar-refractivity contribution is -0.379. The Balaban J connectivity index is 1.38. The Kier molecular flexibility index (Phi) is 56.9. The van der Waals surface area contributed by atoms with Crippen molar-refractivity contribution >= 4 is 5.91 Å². The van der Waals surface area contributed by atoms with Gasteiger partial charge in [-0.25, -0.2) is 0 Å². The minimum absolute atomic E-state index is 0.243. The minimum Gasteiger partial charge on any atom is -0.394 e. The predicted octanol–water partition coefficient (Wildman–Crippen LogP) is 13.7. The van der Waals surface area contributed by atoms with Crippen molar-refractivity contribution in [2.45, 2.75) is 433 Å². The lowest BCUT2D eigenvalue weighted by atomic mass is 9.96. The van der Waals surface area contributed by atoms with Gasteiger partial charge in [0.05, 0.1) is 38.6 Å². The van der Waals surface area contributed by atoms with E-state index in [-0.39, 0.29) is 18.9 Å². The second-order valence-electron chi connectivity index (χ2n) is 29.2. The van der Waals surface area contributed by atoms with Crippen LogP contribution in [0.25, 0.3) is 0 Å². The second-order valence-corrected chi connectivity index (χ2v) is 29.2. The first-order valence-corrected chi connectivity index (χ1v) is 40.9. The Morgan fingerprint density at radius 1 is 0.360 bits per heavy atom. The van der Waals surface area contributed by atoms with Gasteiger partial charge in [-0.3, -0.25) is 4.79 Å². The molecular formula is C81H149NO18. The van der Waals surface area contributed by atoms with Crippen LogP contribution >= 0.6 is 0 Å². The van der Waals surface area contributed by atoms with Crippen molar-refractivity contribution in [1.29, 1.82) is 0 Å². The summed E-state index contributed by atoms with van der Waals surface area (Å²) in [5.74, 6) is -0.272. The molecule has 17 atom stereocenters. The van der Waals surface area contributed by atoms with E-state index in [1.54, 1.807) is 6.08 Å². The number of nitrogens with one attached hydrogen (secondary N) is 1. The fourth-order valence-corrected chi connectivity index (χ4v) is 13.8. The molecule has 0 aliphatic carbocycles. The summed E-state index contributed by atoms with van der Waals surface area (Å²) in [4.78, 5) is 13.5. The minimum atomic E-state index is -1.98. The Bertz CT molecular complexity index is 1990. The summed E-state index contributed by atoms with van der Waals surface area (Å²) in [6.45, 7) is 1.77. The van der Waals surface area contributed by atoms with Crippen molar-refractivity contribution in [1.82, 2.24) is 5.32 Å². The van der Waals surface area contributed by atoms with Gasteiger partial charge in [0.2, 0.25) is 5.91 Å². The summed E-state index contributed by atoms with van der Waals surface area (Å²) in [6, 6.07) is -0.976. The molecule has 0 aromatic rings. The summed E-state index contributed by atoms with van der Waals surface area (Å²) < 4.78 is 34.5. The van der Waals surface area contributed by atoms with E-state index < -0.39 is 124 Å². The molecule has 586 valence electrons. The number of amides is 1. The van der Waals surface area contributed by atoms with E-state index in [0.717, 1.165) is 57.8 Å². The first kappa shape index (κ1) is 92.0. The highest BCUT2D eigenvalue weighted by molar-refractivity contribution is 5.76. The third-order valence-electron chi connectivity index (χ3n) is 20.4. The van der Waals surface area contributed by atoms with Crippen LogP contribution in [-0.4, -0.2) is 193 Å². The van der Waals surface area contributed by atoms with Crippen molar-refractivity contribution in [3.05, 3.63) is 48.6 Å². The number of allylic oxidation sites excluding steroid dienone is 7. The number of hydrogen-bond acceptors (Lipinski definition) is 18. The van der Waals surface area contributed by atoms with E-state index in [0.29, 0.717) is 6.42 Å². The van der Waals surface area contributed by atoms with E-state index in [4.69, 9.17) is 28.4 Å². The largest absolute Gasteiger partial charge is 0.394 e. The van der Waals surface area contributed by atoms with Gasteiger partial charge < -0.3 is 89.9 Å².